The van der Waals surface area contributed by atoms with Gasteiger partial charge in [-0.15, -0.1) is 11.3 Å². The highest BCUT2D eigenvalue weighted by Crippen LogP contribution is 2.41. The molecule has 0 spiro atoms. The first-order chi connectivity index (χ1) is 8.00. The summed E-state index contributed by atoms with van der Waals surface area (Å²) in [6.45, 7) is 6.35. The van der Waals surface area contributed by atoms with Crippen molar-refractivity contribution in [3.8, 4) is 0 Å². The fourth-order valence-electron chi connectivity index (χ4n) is 1.98. The Labute approximate surface area is 120 Å². The van der Waals surface area contributed by atoms with Crippen LogP contribution in [-0.2, 0) is 0 Å². The molecule has 1 unspecified atom stereocenters. The van der Waals surface area contributed by atoms with E-state index in [-0.39, 0.29) is 4.83 Å². The average Bonchev–Trinajstić information content (AvgIpc) is 2.59. The van der Waals surface area contributed by atoms with E-state index in [0.717, 1.165) is 9.90 Å². The summed E-state index contributed by atoms with van der Waals surface area (Å²) in [4.78, 5) is 1.50. The Hall–Kier alpha value is -0.310. The summed E-state index contributed by atoms with van der Waals surface area (Å²) in [5, 5.41) is 0. The highest BCUT2D eigenvalue weighted by Gasteiger charge is 2.17. The van der Waals surface area contributed by atoms with E-state index < -0.39 is 0 Å². The van der Waals surface area contributed by atoms with E-state index in [9.17, 15) is 0 Å². The molecular weight excluding hydrogens is 316 g/mol. The van der Waals surface area contributed by atoms with Gasteiger partial charge in [0, 0.05) is 4.88 Å². The van der Waals surface area contributed by atoms with Crippen molar-refractivity contribution in [3.05, 3.63) is 55.7 Å². The molecule has 1 heterocycles. The monoisotopic (exact) mass is 328 g/mol. The van der Waals surface area contributed by atoms with Gasteiger partial charge in [0.15, 0.2) is 0 Å². The first-order valence-corrected chi connectivity index (χ1v) is 7.57. The van der Waals surface area contributed by atoms with Gasteiger partial charge in [-0.2, -0.15) is 0 Å². The number of halogens is 2. The van der Waals surface area contributed by atoms with Crippen molar-refractivity contribution in [2.45, 2.75) is 25.6 Å². The number of benzene rings is 1. The van der Waals surface area contributed by atoms with Gasteiger partial charge in [0.25, 0.3) is 0 Å². The molecule has 0 saturated heterocycles. The number of alkyl halides is 1. The van der Waals surface area contributed by atoms with E-state index in [1.807, 2.05) is 6.92 Å². The molecule has 0 aliphatic rings. The summed E-state index contributed by atoms with van der Waals surface area (Å²) in [7, 11) is 0. The van der Waals surface area contributed by atoms with Gasteiger partial charge in [0.1, 0.15) is 0 Å². The predicted molar refractivity (Wildman–Crippen MR) is 80.8 cm³/mol. The van der Waals surface area contributed by atoms with Crippen LogP contribution in [0.3, 0.4) is 0 Å². The molecule has 3 heteroatoms. The van der Waals surface area contributed by atoms with Gasteiger partial charge in [-0.1, -0.05) is 45.7 Å². The summed E-state index contributed by atoms with van der Waals surface area (Å²) >= 11 is 11.6. The summed E-state index contributed by atoms with van der Waals surface area (Å²) in [6, 6.07) is 8.57. The molecule has 17 heavy (non-hydrogen) atoms. The lowest BCUT2D eigenvalue weighted by atomic mass is 9.99. The molecule has 0 radical (unpaired) electrons. The molecule has 90 valence electrons. The topological polar surface area (TPSA) is 0 Å². The largest absolute Gasteiger partial charge is 0.127 e. The summed E-state index contributed by atoms with van der Waals surface area (Å²) in [5.74, 6) is 0. The standard InChI is InChI=1S/C14H14BrClS/c1-8-5-4-6-9(2)12(8)13(15)11-7-10(3)14(16)17-11/h4-7,13H,1-3H3. The van der Waals surface area contributed by atoms with Crippen LogP contribution in [0.2, 0.25) is 4.34 Å². The Balaban J connectivity index is 2.47. The van der Waals surface area contributed by atoms with Crippen LogP contribution in [0.1, 0.15) is 32.0 Å². The fourth-order valence-corrected chi connectivity index (χ4v) is 4.32. The van der Waals surface area contributed by atoms with Gasteiger partial charge in [0.05, 0.1) is 9.16 Å². The Morgan fingerprint density at radius 3 is 2.18 bits per heavy atom. The summed E-state index contributed by atoms with van der Waals surface area (Å²) < 4.78 is 0.885. The van der Waals surface area contributed by atoms with E-state index >= 15 is 0 Å². The SMILES string of the molecule is Cc1cc(C(Br)c2c(C)cccc2C)sc1Cl. The second-order valence-corrected chi connectivity index (χ2v) is 6.88. The quantitative estimate of drug-likeness (QED) is 0.610. The Morgan fingerprint density at radius 1 is 1.12 bits per heavy atom. The fraction of sp³-hybridized carbons (Fsp3) is 0.286. The minimum Gasteiger partial charge on any atom is -0.127 e. The van der Waals surface area contributed by atoms with E-state index in [1.165, 1.54) is 21.6 Å². The molecule has 0 fully saturated rings. The molecule has 2 rings (SSSR count). The second kappa shape index (κ2) is 5.13. The van der Waals surface area contributed by atoms with Crippen LogP contribution in [0.5, 0.6) is 0 Å². The maximum Gasteiger partial charge on any atom is 0.0960 e. The maximum atomic E-state index is 6.14. The molecular formula is C14H14BrClS. The van der Waals surface area contributed by atoms with E-state index in [2.05, 4.69) is 54.0 Å². The van der Waals surface area contributed by atoms with Crippen LogP contribution in [0.4, 0.5) is 0 Å². The smallest absolute Gasteiger partial charge is 0.0960 e. The molecule has 0 saturated carbocycles. The van der Waals surface area contributed by atoms with Crippen LogP contribution < -0.4 is 0 Å². The molecule has 0 nitrogen and oxygen atoms in total. The summed E-state index contributed by atoms with van der Waals surface area (Å²) in [6.07, 6.45) is 0. The molecule has 2 aromatic rings. The van der Waals surface area contributed by atoms with E-state index in [0.29, 0.717) is 0 Å². The Bertz CT molecular complexity index is 505. The van der Waals surface area contributed by atoms with Gasteiger partial charge >= 0.3 is 0 Å². The zero-order chi connectivity index (χ0) is 12.6. The van der Waals surface area contributed by atoms with Crippen LogP contribution in [-0.4, -0.2) is 0 Å². The first-order valence-electron chi connectivity index (χ1n) is 5.46. The van der Waals surface area contributed by atoms with Gasteiger partial charge in [-0.05, 0) is 49.1 Å². The zero-order valence-corrected chi connectivity index (χ0v) is 13.2. The Morgan fingerprint density at radius 2 is 1.71 bits per heavy atom. The van der Waals surface area contributed by atoms with Crippen molar-refractivity contribution >= 4 is 38.9 Å². The predicted octanol–water partition coefficient (Wildman–Crippen LogP) is 5.81. The van der Waals surface area contributed by atoms with Crippen molar-refractivity contribution in [2.24, 2.45) is 0 Å². The molecule has 1 aromatic carbocycles. The lowest BCUT2D eigenvalue weighted by Gasteiger charge is -2.14. The van der Waals surface area contributed by atoms with E-state index in [4.69, 9.17) is 11.6 Å². The Kier molecular flexibility index (Phi) is 3.96. The van der Waals surface area contributed by atoms with Gasteiger partial charge in [0.2, 0.25) is 0 Å². The van der Waals surface area contributed by atoms with Crippen molar-refractivity contribution < 1.29 is 0 Å². The number of rotatable bonds is 2. The normalized spacial score (nSPS) is 12.8. The van der Waals surface area contributed by atoms with Gasteiger partial charge < -0.3 is 0 Å². The minimum absolute atomic E-state index is 0.236. The first kappa shape index (κ1) is 13.1. The molecule has 0 amide bonds. The lowest BCUT2D eigenvalue weighted by molar-refractivity contribution is 1.14. The van der Waals surface area contributed by atoms with Crippen molar-refractivity contribution in [3.63, 3.8) is 0 Å². The molecule has 0 aliphatic heterocycles. The van der Waals surface area contributed by atoms with Crippen molar-refractivity contribution in [1.82, 2.24) is 0 Å². The highest BCUT2D eigenvalue weighted by atomic mass is 79.9. The molecule has 0 aliphatic carbocycles. The van der Waals surface area contributed by atoms with Crippen LogP contribution >= 0.6 is 38.9 Å². The second-order valence-electron chi connectivity index (χ2n) is 4.27. The molecule has 1 aromatic heterocycles. The van der Waals surface area contributed by atoms with Gasteiger partial charge in [-0.25, -0.2) is 0 Å². The van der Waals surface area contributed by atoms with Gasteiger partial charge in [-0.3, -0.25) is 0 Å². The minimum atomic E-state index is 0.236. The van der Waals surface area contributed by atoms with Crippen LogP contribution in [0.15, 0.2) is 24.3 Å². The number of hydrogen-bond acceptors (Lipinski definition) is 1. The number of aryl methyl sites for hydroxylation is 3. The summed E-state index contributed by atoms with van der Waals surface area (Å²) in [5.41, 5.74) is 5.14. The van der Waals surface area contributed by atoms with E-state index in [1.54, 1.807) is 11.3 Å². The third-order valence-electron chi connectivity index (χ3n) is 2.92. The number of thiophene rings is 1. The van der Waals surface area contributed by atoms with Crippen LogP contribution in [0, 0.1) is 20.8 Å². The third kappa shape index (κ3) is 2.59. The molecule has 0 N–H and O–H groups in total. The zero-order valence-electron chi connectivity index (χ0n) is 10.1. The van der Waals surface area contributed by atoms with Crippen LogP contribution in [0.25, 0.3) is 0 Å². The van der Waals surface area contributed by atoms with Crippen molar-refractivity contribution in [1.29, 1.82) is 0 Å². The lowest BCUT2D eigenvalue weighted by Crippen LogP contribution is -1.96. The molecule has 0 bridgehead atoms. The number of hydrogen-bond donors (Lipinski definition) is 0. The maximum absolute atomic E-state index is 6.14. The average molecular weight is 330 g/mol. The third-order valence-corrected chi connectivity index (χ3v) is 5.80. The molecule has 1 atom stereocenters. The highest BCUT2D eigenvalue weighted by molar-refractivity contribution is 9.09. The van der Waals surface area contributed by atoms with Crippen molar-refractivity contribution in [2.75, 3.05) is 0 Å².